The van der Waals surface area contributed by atoms with Gasteiger partial charge in [0.05, 0.1) is 12.8 Å². The molecule has 23 heavy (non-hydrogen) atoms. The Morgan fingerprint density at radius 2 is 2.17 bits per heavy atom. The molecule has 1 unspecified atom stereocenters. The van der Waals surface area contributed by atoms with Gasteiger partial charge in [-0.15, -0.1) is 0 Å². The fourth-order valence-corrected chi connectivity index (χ4v) is 2.76. The van der Waals surface area contributed by atoms with E-state index >= 15 is 0 Å². The maximum atomic E-state index is 12.2. The average Bonchev–Trinajstić information content (AvgIpc) is 3.13. The second-order valence-corrected chi connectivity index (χ2v) is 6.74. The van der Waals surface area contributed by atoms with Crippen LogP contribution in [0.5, 0.6) is 6.01 Å². The summed E-state index contributed by atoms with van der Waals surface area (Å²) in [5.74, 6) is 0.165. The summed E-state index contributed by atoms with van der Waals surface area (Å²) in [5, 5.41) is 0. The Kier molecular flexibility index (Phi) is 3.87. The normalized spacial score (nSPS) is 18.4. The van der Waals surface area contributed by atoms with E-state index in [0.29, 0.717) is 19.1 Å². The molecule has 0 aromatic carbocycles. The van der Waals surface area contributed by atoms with Crippen LogP contribution in [0, 0.1) is 0 Å². The summed E-state index contributed by atoms with van der Waals surface area (Å²) in [6.45, 7) is 6.89. The molecule has 1 aliphatic heterocycles. The van der Waals surface area contributed by atoms with Gasteiger partial charge in [0, 0.05) is 37.5 Å². The van der Waals surface area contributed by atoms with Gasteiger partial charge in [0.2, 0.25) is 0 Å². The van der Waals surface area contributed by atoms with Crippen LogP contribution >= 0.6 is 0 Å². The van der Waals surface area contributed by atoms with Crippen molar-refractivity contribution in [1.82, 2.24) is 19.3 Å². The smallest absolute Gasteiger partial charge is 0.410 e. The van der Waals surface area contributed by atoms with Gasteiger partial charge in [0.1, 0.15) is 11.2 Å². The molecule has 3 heterocycles. The van der Waals surface area contributed by atoms with E-state index in [-0.39, 0.29) is 12.0 Å². The second kappa shape index (κ2) is 5.72. The van der Waals surface area contributed by atoms with Gasteiger partial charge >= 0.3 is 12.1 Å². The molecule has 0 radical (unpaired) electrons. The van der Waals surface area contributed by atoms with Crippen molar-refractivity contribution in [2.75, 3.05) is 20.2 Å². The van der Waals surface area contributed by atoms with E-state index in [9.17, 15) is 4.79 Å². The topological polar surface area (TPSA) is 69.0 Å². The van der Waals surface area contributed by atoms with E-state index in [4.69, 9.17) is 9.47 Å². The lowest BCUT2D eigenvalue weighted by molar-refractivity contribution is 0.0292. The summed E-state index contributed by atoms with van der Waals surface area (Å²) in [5.41, 5.74) is 1.21. The van der Waals surface area contributed by atoms with E-state index in [1.54, 1.807) is 22.6 Å². The largest absolute Gasteiger partial charge is 0.468 e. The van der Waals surface area contributed by atoms with E-state index in [0.717, 1.165) is 17.8 Å². The number of imidazole rings is 1. The van der Waals surface area contributed by atoms with Crippen molar-refractivity contribution in [3.63, 3.8) is 0 Å². The Labute approximate surface area is 135 Å². The standard InChI is InChI=1S/C16H22N4O3/c1-16(2,3)23-15(21)19-7-5-11(10-19)12-9-13-17-6-8-20(13)14(18-12)22-4/h6,8-9,11H,5,7,10H2,1-4H3. The van der Waals surface area contributed by atoms with E-state index in [1.807, 2.05) is 33.0 Å². The summed E-state index contributed by atoms with van der Waals surface area (Å²) < 4.78 is 12.6. The SMILES string of the molecule is COc1nc(C2CCN(C(=O)OC(C)(C)C)C2)cc2nccn12. The lowest BCUT2D eigenvalue weighted by Gasteiger charge is -2.24. The number of carbonyl (C=O) groups is 1. The highest BCUT2D eigenvalue weighted by atomic mass is 16.6. The highest BCUT2D eigenvalue weighted by molar-refractivity contribution is 5.68. The first-order valence-electron chi connectivity index (χ1n) is 7.73. The third-order valence-electron chi connectivity index (χ3n) is 3.82. The number of aromatic nitrogens is 3. The predicted molar refractivity (Wildman–Crippen MR) is 84.7 cm³/mol. The lowest BCUT2D eigenvalue weighted by Crippen LogP contribution is -2.35. The molecule has 1 saturated heterocycles. The zero-order valence-electron chi connectivity index (χ0n) is 13.9. The van der Waals surface area contributed by atoms with Gasteiger partial charge in [-0.25, -0.2) is 14.8 Å². The Morgan fingerprint density at radius 3 is 2.87 bits per heavy atom. The quantitative estimate of drug-likeness (QED) is 0.851. The maximum Gasteiger partial charge on any atom is 0.410 e. The number of likely N-dealkylation sites (tertiary alicyclic amines) is 1. The highest BCUT2D eigenvalue weighted by Crippen LogP contribution is 2.29. The summed E-state index contributed by atoms with van der Waals surface area (Å²) >= 11 is 0. The van der Waals surface area contributed by atoms with Gasteiger partial charge in [0.15, 0.2) is 0 Å². The Hall–Kier alpha value is -2.31. The molecule has 7 heteroatoms. The zero-order chi connectivity index (χ0) is 16.6. The van der Waals surface area contributed by atoms with E-state index in [1.165, 1.54) is 0 Å². The molecule has 1 fully saturated rings. The number of ether oxygens (including phenoxy) is 2. The summed E-state index contributed by atoms with van der Waals surface area (Å²) in [6.07, 6.45) is 4.11. The van der Waals surface area contributed by atoms with Gasteiger partial charge in [-0.1, -0.05) is 0 Å². The molecule has 1 amide bonds. The van der Waals surface area contributed by atoms with Crippen LogP contribution in [0.25, 0.3) is 5.65 Å². The minimum absolute atomic E-state index is 0.165. The predicted octanol–water partition coefficient (Wildman–Crippen LogP) is 2.46. The first-order chi connectivity index (χ1) is 10.9. The molecule has 3 rings (SSSR count). The van der Waals surface area contributed by atoms with Gasteiger partial charge in [-0.05, 0) is 27.2 Å². The number of methoxy groups -OCH3 is 1. The number of hydrogen-bond donors (Lipinski definition) is 0. The fraction of sp³-hybridized carbons (Fsp3) is 0.562. The molecule has 0 saturated carbocycles. The van der Waals surface area contributed by atoms with Crippen molar-refractivity contribution in [2.24, 2.45) is 0 Å². The Bertz CT molecular complexity index is 720. The monoisotopic (exact) mass is 318 g/mol. The van der Waals surface area contributed by atoms with E-state index in [2.05, 4.69) is 9.97 Å². The molecule has 0 N–H and O–H groups in total. The molecular weight excluding hydrogens is 296 g/mol. The minimum Gasteiger partial charge on any atom is -0.468 e. The minimum atomic E-state index is -0.481. The van der Waals surface area contributed by atoms with Crippen molar-refractivity contribution in [3.05, 3.63) is 24.2 Å². The van der Waals surface area contributed by atoms with Crippen molar-refractivity contribution >= 4 is 11.7 Å². The zero-order valence-corrected chi connectivity index (χ0v) is 13.9. The van der Waals surface area contributed by atoms with E-state index < -0.39 is 5.60 Å². The van der Waals surface area contributed by atoms with Crippen LogP contribution in [-0.2, 0) is 4.74 Å². The number of hydrogen-bond acceptors (Lipinski definition) is 5. The first kappa shape index (κ1) is 15.6. The number of carbonyl (C=O) groups excluding carboxylic acids is 1. The van der Waals surface area contributed by atoms with Gasteiger partial charge in [-0.3, -0.25) is 4.40 Å². The van der Waals surface area contributed by atoms with Crippen LogP contribution in [0.15, 0.2) is 18.5 Å². The van der Waals surface area contributed by atoms with Gasteiger partial charge in [-0.2, -0.15) is 0 Å². The molecule has 7 nitrogen and oxygen atoms in total. The first-order valence-corrected chi connectivity index (χ1v) is 7.73. The summed E-state index contributed by atoms with van der Waals surface area (Å²) in [4.78, 5) is 22.8. The molecule has 1 aliphatic rings. The molecule has 2 aromatic heterocycles. The number of fused-ring (bicyclic) bond motifs is 1. The van der Waals surface area contributed by atoms with Crippen LogP contribution in [0.2, 0.25) is 0 Å². The molecule has 0 spiro atoms. The van der Waals surface area contributed by atoms with Crippen molar-refractivity contribution in [2.45, 2.75) is 38.7 Å². The van der Waals surface area contributed by atoms with Crippen molar-refractivity contribution in [1.29, 1.82) is 0 Å². The van der Waals surface area contributed by atoms with Crippen LogP contribution in [0.3, 0.4) is 0 Å². The van der Waals surface area contributed by atoms with Gasteiger partial charge < -0.3 is 14.4 Å². The molecule has 0 aliphatic carbocycles. The molecule has 1 atom stereocenters. The Balaban J connectivity index is 1.77. The maximum absolute atomic E-state index is 12.2. The number of rotatable bonds is 2. The summed E-state index contributed by atoms with van der Waals surface area (Å²) in [6, 6.07) is 2.46. The average molecular weight is 318 g/mol. The van der Waals surface area contributed by atoms with Crippen LogP contribution in [-0.4, -0.2) is 51.2 Å². The lowest BCUT2D eigenvalue weighted by atomic mass is 10.0. The third kappa shape index (κ3) is 3.23. The van der Waals surface area contributed by atoms with Gasteiger partial charge in [0.25, 0.3) is 0 Å². The van der Waals surface area contributed by atoms with Crippen molar-refractivity contribution in [3.8, 4) is 6.01 Å². The van der Waals surface area contributed by atoms with Crippen LogP contribution in [0.4, 0.5) is 4.79 Å². The summed E-state index contributed by atoms with van der Waals surface area (Å²) in [7, 11) is 1.59. The number of amides is 1. The number of nitrogens with zero attached hydrogens (tertiary/aromatic N) is 4. The molecular formula is C16H22N4O3. The third-order valence-corrected chi connectivity index (χ3v) is 3.82. The van der Waals surface area contributed by atoms with Crippen LogP contribution < -0.4 is 4.74 Å². The molecule has 124 valence electrons. The fourth-order valence-electron chi connectivity index (χ4n) is 2.76. The molecule has 0 bridgehead atoms. The van der Waals surface area contributed by atoms with Crippen LogP contribution in [0.1, 0.15) is 38.8 Å². The second-order valence-electron chi connectivity index (χ2n) is 6.74. The van der Waals surface area contributed by atoms with Crippen molar-refractivity contribution < 1.29 is 14.3 Å². The highest BCUT2D eigenvalue weighted by Gasteiger charge is 2.31. The molecule has 2 aromatic rings. The Morgan fingerprint density at radius 1 is 1.39 bits per heavy atom.